The molecule has 7 aromatic carbocycles. The Morgan fingerprint density at radius 3 is 1.40 bits per heavy atom. The molecule has 0 unspecified atom stereocenters. The fourth-order valence-electron chi connectivity index (χ4n) is 6.36. The standard InChI is InChI=1S/C41H27N/c1-2-11-28(12-3-1)29-21-23-31(24-22-29)40-35-16-6-8-18-37(35)41(38-19-9-7-17-36(38)40)32-25-26-39(42-27-32)34-20-10-14-30-13-4-5-15-33(30)34/h1-27H. The summed E-state index contributed by atoms with van der Waals surface area (Å²) in [6, 6.07) is 56.4. The first kappa shape index (κ1) is 24.3. The Kier molecular flexibility index (Phi) is 5.86. The van der Waals surface area contributed by atoms with E-state index in [1.165, 1.54) is 60.1 Å². The van der Waals surface area contributed by atoms with E-state index < -0.39 is 0 Å². The summed E-state index contributed by atoms with van der Waals surface area (Å²) in [5.41, 5.74) is 9.43. The van der Waals surface area contributed by atoms with Crippen LogP contribution in [-0.2, 0) is 0 Å². The molecule has 8 aromatic rings. The van der Waals surface area contributed by atoms with E-state index in [2.05, 4.69) is 158 Å². The topological polar surface area (TPSA) is 12.9 Å². The Labute approximate surface area is 245 Å². The molecule has 0 fully saturated rings. The fourth-order valence-corrected chi connectivity index (χ4v) is 6.36. The number of nitrogens with zero attached hydrogens (tertiary/aromatic N) is 1. The van der Waals surface area contributed by atoms with Crippen molar-refractivity contribution in [3.05, 3.63) is 164 Å². The van der Waals surface area contributed by atoms with Crippen LogP contribution in [0.1, 0.15) is 0 Å². The van der Waals surface area contributed by atoms with Gasteiger partial charge >= 0.3 is 0 Å². The summed E-state index contributed by atoms with van der Waals surface area (Å²) in [4.78, 5) is 5.01. The van der Waals surface area contributed by atoms with Crippen molar-refractivity contribution >= 4 is 32.3 Å². The molecule has 0 bridgehead atoms. The zero-order valence-electron chi connectivity index (χ0n) is 23.0. The number of hydrogen-bond donors (Lipinski definition) is 0. The number of pyridine rings is 1. The van der Waals surface area contributed by atoms with Crippen molar-refractivity contribution in [3.63, 3.8) is 0 Å². The van der Waals surface area contributed by atoms with Crippen LogP contribution in [0.3, 0.4) is 0 Å². The smallest absolute Gasteiger partial charge is 0.0708 e. The average Bonchev–Trinajstić information content (AvgIpc) is 3.07. The van der Waals surface area contributed by atoms with Gasteiger partial charge in [-0.1, -0.05) is 152 Å². The molecule has 1 aromatic heterocycles. The summed E-state index contributed by atoms with van der Waals surface area (Å²) in [6.07, 6.45) is 2.04. The molecule has 8 rings (SSSR count). The molecule has 0 amide bonds. The first-order valence-corrected chi connectivity index (χ1v) is 14.4. The van der Waals surface area contributed by atoms with Gasteiger partial charge in [0.15, 0.2) is 0 Å². The first-order chi connectivity index (χ1) is 20.8. The van der Waals surface area contributed by atoms with Gasteiger partial charge < -0.3 is 0 Å². The second kappa shape index (κ2) is 10.1. The Morgan fingerprint density at radius 1 is 0.310 bits per heavy atom. The number of rotatable bonds is 4. The predicted octanol–water partition coefficient (Wildman–Crippen LogP) is 11.2. The predicted molar refractivity (Wildman–Crippen MR) is 178 cm³/mol. The van der Waals surface area contributed by atoms with E-state index in [9.17, 15) is 0 Å². The lowest BCUT2D eigenvalue weighted by Gasteiger charge is -2.18. The van der Waals surface area contributed by atoms with Gasteiger partial charge in [-0.05, 0) is 66.2 Å². The Bertz CT molecular complexity index is 2150. The molecule has 0 saturated carbocycles. The highest BCUT2D eigenvalue weighted by Crippen LogP contribution is 2.44. The van der Waals surface area contributed by atoms with Gasteiger partial charge in [-0.3, -0.25) is 4.98 Å². The molecule has 0 spiro atoms. The van der Waals surface area contributed by atoms with Crippen LogP contribution in [0.5, 0.6) is 0 Å². The largest absolute Gasteiger partial charge is 0.256 e. The molecule has 1 heteroatoms. The minimum absolute atomic E-state index is 0.985. The van der Waals surface area contributed by atoms with Crippen molar-refractivity contribution < 1.29 is 0 Å². The fraction of sp³-hybridized carbons (Fsp3) is 0. The van der Waals surface area contributed by atoms with Gasteiger partial charge in [-0.2, -0.15) is 0 Å². The van der Waals surface area contributed by atoms with Crippen LogP contribution in [-0.4, -0.2) is 4.98 Å². The molecule has 0 aliphatic rings. The highest BCUT2D eigenvalue weighted by molar-refractivity contribution is 6.21. The van der Waals surface area contributed by atoms with Gasteiger partial charge in [0.25, 0.3) is 0 Å². The summed E-state index contributed by atoms with van der Waals surface area (Å²) in [5, 5.41) is 7.41. The van der Waals surface area contributed by atoms with Gasteiger partial charge in [0.1, 0.15) is 0 Å². The molecule has 0 aliphatic heterocycles. The molecule has 0 aliphatic carbocycles. The van der Waals surface area contributed by atoms with Crippen LogP contribution in [0, 0.1) is 0 Å². The Hall–Kier alpha value is -5.53. The second-order valence-corrected chi connectivity index (χ2v) is 10.7. The Morgan fingerprint density at radius 2 is 0.786 bits per heavy atom. The van der Waals surface area contributed by atoms with Gasteiger partial charge in [0.2, 0.25) is 0 Å². The van der Waals surface area contributed by atoms with Crippen LogP contribution >= 0.6 is 0 Å². The molecular weight excluding hydrogens is 506 g/mol. The minimum atomic E-state index is 0.985. The first-order valence-electron chi connectivity index (χ1n) is 14.4. The Balaban J connectivity index is 1.30. The molecular formula is C41H27N. The maximum Gasteiger partial charge on any atom is 0.0708 e. The van der Waals surface area contributed by atoms with Gasteiger partial charge in [0, 0.05) is 17.3 Å². The maximum absolute atomic E-state index is 5.01. The van der Waals surface area contributed by atoms with Crippen molar-refractivity contribution in [2.45, 2.75) is 0 Å². The molecule has 196 valence electrons. The van der Waals surface area contributed by atoms with E-state index >= 15 is 0 Å². The molecule has 0 atom stereocenters. The number of hydrogen-bond acceptors (Lipinski definition) is 1. The summed E-state index contributed by atoms with van der Waals surface area (Å²) in [6.45, 7) is 0. The van der Waals surface area contributed by atoms with E-state index in [0.29, 0.717) is 0 Å². The number of benzene rings is 7. The van der Waals surface area contributed by atoms with Gasteiger partial charge in [-0.15, -0.1) is 0 Å². The zero-order chi connectivity index (χ0) is 27.9. The van der Waals surface area contributed by atoms with E-state index in [-0.39, 0.29) is 0 Å². The SMILES string of the molecule is c1ccc(-c2ccc(-c3c4ccccc4c(-c4ccc(-c5cccc6ccccc56)nc4)c4ccccc34)cc2)cc1. The lowest BCUT2D eigenvalue weighted by Crippen LogP contribution is -1.92. The zero-order valence-corrected chi connectivity index (χ0v) is 23.0. The third-order valence-electron chi connectivity index (χ3n) is 8.33. The van der Waals surface area contributed by atoms with Crippen LogP contribution in [0.4, 0.5) is 0 Å². The van der Waals surface area contributed by atoms with Crippen molar-refractivity contribution in [2.24, 2.45) is 0 Å². The van der Waals surface area contributed by atoms with Crippen LogP contribution in [0.2, 0.25) is 0 Å². The summed E-state index contributed by atoms with van der Waals surface area (Å²) in [5.74, 6) is 0. The molecule has 1 heterocycles. The quantitative estimate of drug-likeness (QED) is 0.205. The van der Waals surface area contributed by atoms with Crippen LogP contribution in [0.25, 0.3) is 77.0 Å². The summed E-state index contributed by atoms with van der Waals surface area (Å²) >= 11 is 0. The third kappa shape index (κ3) is 4.06. The van der Waals surface area contributed by atoms with E-state index in [0.717, 1.165) is 16.8 Å². The van der Waals surface area contributed by atoms with Gasteiger partial charge in [-0.25, -0.2) is 0 Å². The highest BCUT2D eigenvalue weighted by atomic mass is 14.7. The lowest BCUT2D eigenvalue weighted by atomic mass is 9.86. The highest BCUT2D eigenvalue weighted by Gasteiger charge is 2.17. The summed E-state index contributed by atoms with van der Waals surface area (Å²) in [7, 11) is 0. The lowest BCUT2D eigenvalue weighted by molar-refractivity contribution is 1.34. The molecule has 42 heavy (non-hydrogen) atoms. The molecule has 0 saturated heterocycles. The average molecular weight is 534 g/mol. The van der Waals surface area contributed by atoms with E-state index in [1.807, 2.05) is 6.20 Å². The van der Waals surface area contributed by atoms with Crippen LogP contribution in [0.15, 0.2) is 164 Å². The van der Waals surface area contributed by atoms with E-state index in [1.54, 1.807) is 0 Å². The third-order valence-corrected chi connectivity index (χ3v) is 8.33. The normalized spacial score (nSPS) is 11.3. The monoisotopic (exact) mass is 533 g/mol. The van der Waals surface area contributed by atoms with Crippen molar-refractivity contribution in [1.29, 1.82) is 0 Å². The van der Waals surface area contributed by atoms with Gasteiger partial charge in [0.05, 0.1) is 5.69 Å². The second-order valence-electron chi connectivity index (χ2n) is 10.7. The summed E-state index contributed by atoms with van der Waals surface area (Å²) < 4.78 is 0. The van der Waals surface area contributed by atoms with E-state index in [4.69, 9.17) is 4.98 Å². The number of aromatic nitrogens is 1. The van der Waals surface area contributed by atoms with Crippen molar-refractivity contribution in [1.82, 2.24) is 4.98 Å². The molecule has 0 radical (unpaired) electrons. The van der Waals surface area contributed by atoms with Crippen molar-refractivity contribution in [3.8, 4) is 44.6 Å². The van der Waals surface area contributed by atoms with Crippen LogP contribution < -0.4 is 0 Å². The number of fused-ring (bicyclic) bond motifs is 3. The molecule has 0 N–H and O–H groups in total. The maximum atomic E-state index is 5.01. The minimum Gasteiger partial charge on any atom is -0.256 e. The molecule has 1 nitrogen and oxygen atoms in total. The van der Waals surface area contributed by atoms with Crippen molar-refractivity contribution in [2.75, 3.05) is 0 Å².